The fraction of sp³-hybridized carbons (Fsp3) is 0.259. The molecule has 6 nitrogen and oxygen atoms in total. The molecule has 0 aliphatic heterocycles. The number of hydrogen-bond acceptors (Lipinski definition) is 4. The fourth-order valence-electron chi connectivity index (χ4n) is 3.34. The summed E-state index contributed by atoms with van der Waals surface area (Å²) < 4.78 is 5.14. The first kappa shape index (κ1) is 24.0. The van der Waals surface area contributed by atoms with Crippen LogP contribution in [0.15, 0.2) is 84.9 Å². The van der Waals surface area contributed by atoms with Gasteiger partial charge in [-0.25, -0.2) is 4.79 Å². The standard InChI is InChI=1S/C27H30N2O4/c30-25(23-10-5-2-6-11-23)18-15-21-13-16-24(17-14-21)29-26(31)12-7-19-28-27(32)33-20-22-8-3-1-4-9-22/h1-6,8-11,13-14,16-17,25,30H,7,12,15,18-20H2,(H,28,32)(H,29,31)/t25-/m1/s1. The summed E-state index contributed by atoms with van der Waals surface area (Å²) in [6.45, 7) is 0.581. The predicted molar refractivity (Wildman–Crippen MR) is 129 cm³/mol. The van der Waals surface area contributed by atoms with E-state index >= 15 is 0 Å². The molecule has 33 heavy (non-hydrogen) atoms. The number of aliphatic hydroxyl groups is 1. The first-order valence-corrected chi connectivity index (χ1v) is 11.2. The summed E-state index contributed by atoms with van der Waals surface area (Å²) in [6, 6.07) is 26.7. The molecule has 6 heteroatoms. The maximum atomic E-state index is 12.1. The number of anilines is 1. The van der Waals surface area contributed by atoms with E-state index in [1.807, 2.05) is 84.9 Å². The zero-order chi connectivity index (χ0) is 23.3. The highest BCUT2D eigenvalue weighted by Crippen LogP contribution is 2.19. The summed E-state index contributed by atoms with van der Waals surface area (Å²) in [7, 11) is 0. The van der Waals surface area contributed by atoms with Gasteiger partial charge < -0.3 is 20.5 Å². The fourth-order valence-corrected chi connectivity index (χ4v) is 3.34. The van der Waals surface area contributed by atoms with Gasteiger partial charge >= 0.3 is 6.09 Å². The Morgan fingerprint density at radius 2 is 1.52 bits per heavy atom. The summed E-state index contributed by atoms with van der Waals surface area (Å²) in [5.74, 6) is -0.110. The van der Waals surface area contributed by atoms with E-state index in [0.29, 0.717) is 25.8 Å². The van der Waals surface area contributed by atoms with Crippen molar-refractivity contribution in [3.63, 3.8) is 0 Å². The number of alkyl carbamates (subject to hydrolysis) is 1. The van der Waals surface area contributed by atoms with Crippen molar-refractivity contribution in [3.8, 4) is 0 Å². The van der Waals surface area contributed by atoms with Crippen LogP contribution in [0.1, 0.15) is 42.1 Å². The van der Waals surface area contributed by atoms with Gasteiger partial charge in [0.05, 0.1) is 6.10 Å². The van der Waals surface area contributed by atoms with Gasteiger partial charge in [0.1, 0.15) is 6.61 Å². The molecule has 3 rings (SSSR count). The van der Waals surface area contributed by atoms with Crippen LogP contribution in [0.5, 0.6) is 0 Å². The Hall–Kier alpha value is -3.64. The van der Waals surface area contributed by atoms with E-state index in [0.717, 1.165) is 28.8 Å². The summed E-state index contributed by atoms with van der Waals surface area (Å²) in [6.07, 6.45) is 1.21. The van der Waals surface area contributed by atoms with Crippen molar-refractivity contribution >= 4 is 17.7 Å². The lowest BCUT2D eigenvalue weighted by atomic mass is 10.0. The maximum absolute atomic E-state index is 12.1. The molecule has 0 spiro atoms. The molecule has 2 amide bonds. The van der Waals surface area contributed by atoms with Crippen molar-refractivity contribution in [2.45, 2.75) is 38.4 Å². The topological polar surface area (TPSA) is 87.7 Å². The van der Waals surface area contributed by atoms with Gasteiger partial charge in [-0.05, 0) is 48.1 Å². The molecule has 1 atom stereocenters. The highest BCUT2D eigenvalue weighted by molar-refractivity contribution is 5.90. The van der Waals surface area contributed by atoms with Crippen molar-refractivity contribution in [3.05, 3.63) is 102 Å². The molecule has 0 aliphatic rings. The van der Waals surface area contributed by atoms with Gasteiger partial charge in [-0.3, -0.25) is 4.79 Å². The van der Waals surface area contributed by atoms with Crippen molar-refractivity contribution in [1.29, 1.82) is 0 Å². The number of benzene rings is 3. The number of hydrogen-bond donors (Lipinski definition) is 3. The molecule has 3 aromatic rings. The van der Waals surface area contributed by atoms with Crippen LogP contribution in [0, 0.1) is 0 Å². The Kier molecular flexibility index (Phi) is 9.48. The Bertz CT molecular complexity index is 992. The van der Waals surface area contributed by atoms with E-state index in [1.165, 1.54) is 0 Å². The first-order valence-electron chi connectivity index (χ1n) is 11.2. The van der Waals surface area contributed by atoms with Gasteiger partial charge in [0.25, 0.3) is 0 Å². The average Bonchev–Trinajstić information content (AvgIpc) is 2.86. The van der Waals surface area contributed by atoms with Gasteiger partial charge in [0, 0.05) is 18.7 Å². The smallest absolute Gasteiger partial charge is 0.407 e. The molecule has 0 heterocycles. The number of rotatable bonds is 11. The van der Waals surface area contributed by atoms with E-state index < -0.39 is 12.2 Å². The lowest BCUT2D eigenvalue weighted by molar-refractivity contribution is -0.116. The molecule has 172 valence electrons. The normalized spacial score (nSPS) is 11.4. The van der Waals surface area contributed by atoms with E-state index in [4.69, 9.17) is 4.74 Å². The van der Waals surface area contributed by atoms with Crippen molar-refractivity contribution in [1.82, 2.24) is 5.32 Å². The van der Waals surface area contributed by atoms with Gasteiger partial charge in [-0.1, -0.05) is 72.8 Å². The summed E-state index contributed by atoms with van der Waals surface area (Å²) in [5.41, 5.74) is 3.66. The number of ether oxygens (including phenoxy) is 1. The molecule has 0 saturated carbocycles. The van der Waals surface area contributed by atoms with Crippen LogP contribution in [-0.4, -0.2) is 23.7 Å². The van der Waals surface area contributed by atoms with E-state index in [2.05, 4.69) is 10.6 Å². The van der Waals surface area contributed by atoms with Crippen molar-refractivity contribution < 1.29 is 19.4 Å². The monoisotopic (exact) mass is 446 g/mol. The summed E-state index contributed by atoms with van der Waals surface area (Å²) in [5, 5.41) is 15.8. The van der Waals surface area contributed by atoms with Crippen LogP contribution in [0.25, 0.3) is 0 Å². The molecule has 0 bridgehead atoms. The Labute approximate surface area is 194 Å². The van der Waals surface area contributed by atoms with Crippen LogP contribution in [0.4, 0.5) is 10.5 Å². The minimum Gasteiger partial charge on any atom is -0.445 e. The van der Waals surface area contributed by atoms with Crippen LogP contribution in [-0.2, 0) is 22.6 Å². The zero-order valence-corrected chi connectivity index (χ0v) is 18.6. The SMILES string of the molecule is O=C(CCCNC(=O)OCc1ccccc1)Nc1ccc(CC[C@@H](O)c2ccccc2)cc1. The molecule has 3 N–H and O–H groups in total. The molecular formula is C27H30N2O4. The minimum atomic E-state index is -0.493. The Morgan fingerprint density at radius 3 is 2.21 bits per heavy atom. The largest absolute Gasteiger partial charge is 0.445 e. The number of nitrogens with one attached hydrogen (secondary N) is 2. The second-order valence-electron chi connectivity index (χ2n) is 7.80. The van der Waals surface area contributed by atoms with Crippen LogP contribution in [0.2, 0.25) is 0 Å². The average molecular weight is 447 g/mol. The first-order chi connectivity index (χ1) is 16.1. The van der Waals surface area contributed by atoms with Gasteiger partial charge in [-0.2, -0.15) is 0 Å². The van der Waals surface area contributed by atoms with Crippen LogP contribution < -0.4 is 10.6 Å². The number of aryl methyl sites for hydroxylation is 1. The third-order valence-corrected chi connectivity index (χ3v) is 5.19. The summed E-state index contributed by atoms with van der Waals surface area (Å²) in [4.78, 5) is 23.8. The third kappa shape index (κ3) is 8.79. The Morgan fingerprint density at radius 1 is 0.848 bits per heavy atom. The minimum absolute atomic E-state index is 0.110. The highest BCUT2D eigenvalue weighted by atomic mass is 16.5. The van der Waals surface area contributed by atoms with Crippen molar-refractivity contribution in [2.75, 3.05) is 11.9 Å². The molecule has 3 aromatic carbocycles. The highest BCUT2D eigenvalue weighted by Gasteiger charge is 2.08. The van der Waals surface area contributed by atoms with E-state index in [1.54, 1.807) is 0 Å². The molecule has 0 aliphatic carbocycles. The lowest BCUT2D eigenvalue weighted by Crippen LogP contribution is -2.26. The molecule has 0 fully saturated rings. The molecule has 0 radical (unpaired) electrons. The van der Waals surface area contributed by atoms with Gasteiger partial charge in [0.2, 0.25) is 5.91 Å². The lowest BCUT2D eigenvalue weighted by Gasteiger charge is -2.11. The van der Waals surface area contributed by atoms with Gasteiger partial charge in [0.15, 0.2) is 0 Å². The predicted octanol–water partition coefficient (Wildman–Crippen LogP) is 5.00. The molecule has 0 saturated heterocycles. The molecular weight excluding hydrogens is 416 g/mol. The molecule has 0 unspecified atom stereocenters. The maximum Gasteiger partial charge on any atom is 0.407 e. The van der Waals surface area contributed by atoms with E-state index in [9.17, 15) is 14.7 Å². The Balaban J connectivity index is 1.29. The number of amides is 2. The van der Waals surface area contributed by atoms with E-state index in [-0.39, 0.29) is 12.5 Å². The second-order valence-corrected chi connectivity index (χ2v) is 7.80. The van der Waals surface area contributed by atoms with Gasteiger partial charge in [-0.15, -0.1) is 0 Å². The number of carbonyl (C=O) groups is 2. The quantitative estimate of drug-likeness (QED) is 0.362. The summed E-state index contributed by atoms with van der Waals surface area (Å²) >= 11 is 0. The van der Waals surface area contributed by atoms with Crippen LogP contribution >= 0.6 is 0 Å². The number of carbonyl (C=O) groups excluding carboxylic acids is 2. The zero-order valence-electron chi connectivity index (χ0n) is 18.6. The van der Waals surface area contributed by atoms with Crippen LogP contribution in [0.3, 0.4) is 0 Å². The second kappa shape index (κ2) is 13.0. The number of aliphatic hydroxyl groups excluding tert-OH is 1. The van der Waals surface area contributed by atoms with Crippen molar-refractivity contribution in [2.24, 2.45) is 0 Å². The third-order valence-electron chi connectivity index (χ3n) is 5.19. The molecule has 0 aromatic heterocycles.